The molecule has 130 valence electrons. The number of carbonyl (C=O) groups is 2. The van der Waals surface area contributed by atoms with Crippen LogP contribution in [0.15, 0.2) is 0 Å². The first-order chi connectivity index (χ1) is 11.0. The van der Waals surface area contributed by atoms with Crippen LogP contribution in [0, 0.1) is 11.3 Å². The quantitative estimate of drug-likeness (QED) is 0.767. The lowest BCUT2D eigenvalue weighted by molar-refractivity contribution is -0.135. The number of amides is 2. The molecule has 1 aliphatic carbocycles. The van der Waals surface area contributed by atoms with Crippen LogP contribution in [0.5, 0.6) is 0 Å². The summed E-state index contributed by atoms with van der Waals surface area (Å²) in [7, 11) is 0. The zero-order chi connectivity index (χ0) is 16.4. The van der Waals surface area contributed by atoms with Gasteiger partial charge >= 0.3 is 0 Å². The molecule has 3 fully saturated rings. The van der Waals surface area contributed by atoms with Crippen molar-refractivity contribution in [3.63, 3.8) is 0 Å². The fourth-order valence-corrected chi connectivity index (χ4v) is 4.09. The molecule has 6 nitrogen and oxygen atoms in total. The standard InChI is InChI=1S/C17H30N4O2/c1-13(2)19-15(22)12-20-7-9-21(10-8-20)16(23)14-11-17(14)3-5-18-6-4-17/h13-14,18H,3-12H2,1-2H3,(H,19,22). The first kappa shape index (κ1) is 16.7. The van der Waals surface area contributed by atoms with E-state index in [1.165, 1.54) is 0 Å². The number of nitrogens with zero attached hydrogens (tertiary/aromatic N) is 2. The smallest absolute Gasteiger partial charge is 0.234 e. The van der Waals surface area contributed by atoms with Crippen molar-refractivity contribution in [2.24, 2.45) is 11.3 Å². The molecule has 6 heteroatoms. The van der Waals surface area contributed by atoms with Crippen LogP contribution < -0.4 is 10.6 Å². The van der Waals surface area contributed by atoms with Crippen LogP contribution in [-0.4, -0.2) is 73.5 Å². The van der Waals surface area contributed by atoms with E-state index in [1.54, 1.807) is 0 Å². The van der Waals surface area contributed by atoms with Crippen LogP contribution in [0.4, 0.5) is 0 Å². The van der Waals surface area contributed by atoms with Gasteiger partial charge in [-0.25, -0.2) is 0 Å². The Labute approximate surface area is 139 Å². The largest absolute Gasteiger partial charge is 0.353 e. The van der Waals surface area contributed by atoms with Gasteiger partial charge in [-0.1, -0.05) is 0 Å². The van der Waals surface area contributed by atoms with Crippen molar-refractivity contribution in [1.29, 1.82) is 0 Å². The molecule has 3 aliphatic rings. The maximum absolute atomic E-state index is 12.7. The Morgan fingerprint density at radius 2 is 1.83 bits per heavy atom. The van der Waals surface area contributed by atoms with Gasteiger partial charge in [0.25, 0.3) is 0 Å². The maximum Gasteiger partial charge on any atom is 0.234 e. The van der Waals surface area contributed by atoms with Gasteiger partial charge in [0.05, 0.1) is 6.54 Å². The minimum Gasteiger partial charge on any atom is -0.353 e. The minimum atomic E-state index is 0.0793. The van der Waals surface area contributed by atoms with Gasteiger partial charge in [-0.15, -0.1) is 0 Å². The van der Waals surface area contributed by atoms with E-state index in [0.717, 1.165) is 58.5 Å². The van der Waals surface area contributed by atoms with Gasteiger partial charge in [0, 0.05) is 38.1 Å². The van der Waals surface area contributed by atoms with Crippen LogP contribution in [0.1, 0.15) is 33.1 Å². The van der Waals surface area contributed by atoms with E-state index in [9.17, 15) is 9.59 Å². The summed E-state index contributed by atoms with van der Waals surface area (Å²) in [5.41, 5.74) is 0.316. The fourth-order valence-electron chi connectivity index (χ4n) is 4.09. The summed E-state index contributed by atoms with van der Waals surface area (Å²) in [5, 5.41) is 6.31. The third kappa shape index (κ3) is 3.86. The lowest BCUT2D eigenvalue weighted by Crippen LogP contribution is -2.52. The van der Waals surface area contributed by atoms with Gasteiger partial charge in [-0.05, 0) is 51.6 Å². The number of piperidine rings is 1. The van der Waals surface area contributed by atoms with Gasteiger partial charge in [0.2, 0.25) is 11.8 Å². The molecular formula is C17H30N4O2. The SMILES string of the molecule is CC(C)NC(=O)CN1CCN(C(=O)C2CC23CCNCC3)CC1. The Hall–Kier alpha value is -1.14. The summed E-state index contributed by atoms with van der Waals surface area (Å²) in [4.78, 5) is 28.7. The van der Waals surface area contributed by atoms with E-state index in [2.05, 4.69) is 15.5 Å². The fraction of sp³-hybridized carbons (Fsp3) is 0.882. The molecule has 1 atom stereocenters. The van der Waals surface area contributed by atoms with E-state index in [4.69, 9.17) is 0 Å². The van der Waals surface area contributed by atoms with Crippen LogP contribution in [-0.2, 0) is 9.59 Å². The second-order valence-corrected chi connectivity index (χ2v) is 7.69. The second kappa shape index (κ2) is 6.77. The molecule has 3 rings (SSSR count). The van der Waals surface area contributed by atoms with Gasteiger partial charge in [0.15, 0.2) is 0 Å². The van der Waals surface area contributed by atoms with E-state index in [-0.39, 0.29) is 17.9 Å². The predicted octanol–water partition coefficient (Wildman–Crippen LogP) is 0.0449. The number of carbonyl (C=O) groups excluding carboxylic acids is 2. The van der Waals surface area contributed by atoms with Crippen molar-refractivity contribution in [3.8, 4) is 0 Å². The Kier molecular flexibility index (Phi) is 4.92. The zero-order valence-corrected chi connectivity index (χ0v) is 14.4. The predicted molar refractivity (Wildman–Crippen MR) is 88.9 cm³/mol. The van der Waals surface area contributed by atoms with Gasteiger partial charge in [0.1, 0.15) is 0 Å². The summed E-state index contributed by atoms with van der Waals surface area (Å²) in [6, 6.07) is 0.182. The molecule has 0 aromatic rings. The van der Waals surface area contributed by atoms with E-state index < -0.39 is 0 Å². The molecule has 1 saturated carbocycles. The van der Waals surface area contributed by atoms with Crippen molar-refractivity contribution < 1.29 is 9.59 Å². The molecule has 2 saturated heterocycles. The molecule has 2 N–H and O–H groups in total. The summed E-state index contributed by atoms with van der Waals surface area (Å²) >= 11 is 0. The molecule has 2 amide bonds. The van der Waals surface area contributed by atoms with Crippen molar-refractivity contribution in [2.75, 3.05) is 45.8 Å². The molecule has 0 bridgehead atoms. The molecule has 0 radical (unpaired) electrons. The van der Waals surface area contributed by atoms with E-state index >= 15 is 0 Å². The lowest BCUT2D eigenvalue weighted by Gasteiger charge is -2.35. The molecule has 23 heavy (non-hydrogen) atoms. The maximum atomic E-state index is 12.7. The summed E-state index contributed by atoms with van der Waals surface area (Å²) in [6.07, 6.45) is 3.39. The Bertz CT molecular complexity index is 452. The highest BCUT2D eigenvalue weighted by Crippen LogP contribution is 2.59. The number of hydrogen-bond acceptors (Lipinski definition) is 4. The molecule has 1 spiro atoms. The highest BCUT2D eigenvalue weighted by molar-refractivity contribution is 5.83. The number of piperazine rings is 1. The number of rotatable bonds is 4. The average Bonchev–Trinajstić information content (AvgIpc) is 3.20. The monoisotopic (exact) mass is 322 g/mol. The third-order valence-corrected chi connectivity index (χ3v) is 5.59. The van der Waals surface area contributed by atoms with Gasteiger partial charge in [-0.2, -0.15) is 0 Å². The summed E-state index contributed by atoms with van der Waals surface area (Å²) in [5.74, 6) is 0.703. The first-order valence-electron chi connectivity index (χ1n) is 9.01. The van der Waals surface area contributed by atoms with Crippen molar-refractivity contribution in [1.82, 2.24) is 20.4 Å². The van der Waals surface area contributed by atoms with Gasteiger partial charge < -0.3 is 15.5 Å². The Balaban J connectivity index is 1.42. The molecule has 2 heterocycles. The topological polar surface area (TPSA) is 64.7 Å². The van der Waals surface area contributed by atoms with E-state index in [0.29, 0.717) is 17.9 Å². The van der Waals surface area contributed by atoms with Crippen LogP contribution in [0.25, 0.3) is 0 Å². The lowest BCUT2D eigenvalue weighted by atomic mass is 9.91. The molecule has 2 aliphatic heterocycles. The summed E-state index contributed by atoms with van der Waals surface area (Å²) < 4.78 is 0. The average molecular weight is 322 g/mol. The van der Waals surface area contributed by atoms with Crippen molar-refractivity contribution >= 4 is 11.8 Å². The van der Waals surface area contributed by atoms with E-state index in [1.807, 2.05) is 18.7 Å². The highest BCUT2D eigenvalue weighted by Gasteiger charge is 2.58. The number of hydrogen-bond donors (Lipinski definition) is 2. The molecule has 0 aromatic carbocycles. The van der Waals surface area contributed by atoms with Crippen LogP contribution >= 0.6 is 0 Å². The molecular weight excluding hydrogens is 292 g/mol. The molecule has 0 aromatic heterocycles. The van der Waals surface area contributed by atoms with Crippen LogP contribution in [0.2, 0.25) is 0 Å². The van der Waals surface area contributed by atoms with Crippen molar-refractivity contribution in [3.05, 3.63) is 0 Å². The Morgan fingerprint density at radius 3 is 2.43 bits per heavy atom. The summed E-state index contributed by atoms with van der Waals surface area (Å²) in [6.45, 7) is 9.64. The highest BCUT2D eigenvalue weighted by atomic mass is 16.2. The third-order valence-electron chi connectivity index (χ3n) is 5.59. The minimum absolute atomic E-state index is 0.0793. The van der Waals surface area contributed by atoms with Crippen molar-refractivity contribution in [2.45, 2.75) is 39.2 Å². The first-order valence-corrected chi connectivity index (χ1v) is 9.01. The van der Waals surface area contributed by atoms with Gasteiger partial charge in [-0.3, -0.25) is 14.5 Å². The van der Waals surface area contributed by atoms with Crippen LogP contribution in [0.3, 0.4) is 0 Å². The zero-order valence-electron chi connectivity index (χ0n) is 14.4. The second-order valence-electron chi connectivity index (χ2n) is 7.69. The molecule has 1 unspecified atom stereocenters. The number of nitrogens with one attached hydrogen (secondary N) is 2. The normalized spacial score (nSPS) is 27.3. The Morgan fingerprint density at radius 1 is 1.17 bits per heavy atom.